The Kier molecular flexibility index (Phi) is 1.33. The number of fused-ring (bicyclic) bond motifs is 1. The van der Waals surface area contributed by atoms with Gasteiger partial charge in [0.25, 0.3) is 0 Å². The SMILES string of the molecule is Cc1nc2cccc(N)c2n1C. The molecule has 62 valence electrons. The van der Waals surface area contributed by atoms with E-state index in [9.17, 15) is 0 Å². The Morgan fingerprint density at radius 1 is 1.42 bits per heavy atom. The predicted octanol–water partition coefficient (Wildman–Crippen LogP) is 1.46. The second-order valence-corrected chi connectivity index (χ2v) is 2.93. The van der Waals surface area contributed by atoms with E-state index in [-0.39, 0.29) is 0 Å². The lowest BCUT2D eigenvalue weighted by atomic mass is 10.3. The zero-order valence-electron chi connectivity index (χ0n) is 7.20. The molecule has 12 heavy (non-hydrogen) atoms. The number of hydrogen-bond acceptors (Lipinski definition) is 2. The number of nitrogens with zero attached hydrogens (tertiary/aromatic N) is 2. The smallest absolute Gasteiger partial charge is 0.106 e. The Bertz CT molecular complexity index is 429. The van der Waals surface area contributed by atoms with Gasteiger partial charge in [0.2, 0.25) is 0 Å². The van der Waals surface area contributed by atoms with Crippen LogP contribution in [0, 0.1) is 6.92 Å². The summed E-state index contributed by atoms with van der Waals surface area (Å²) in [6, 6.07) is 5.78. The van der Waals surface area contributed by atoms with Gasteiger partial charge in [0.15, 0.2) is 0 Å². The molecule has 0 spiro atoms. The molecule has 2 rings (SSSR count). The Hall–Kier alpha value is -1.51. The van der Waals surface area contributed by atoms with Crippen LogP contribution in [0.1, 0.15) is 5.82 Å². The van der Waals surface area contributed by atoms with Crippen LogP contribution in [0.4, 0.5) is 5.69 Å². The summed E-state index contributed by atoms with van der Waals surface area (Å²) in [7, 11) is 1.97. The zero-order valence-corrected chi connectivity index (χ0v) is 7.20. The van der Waals surface area contributed by atoms with Gasteiger partial charge in [-0.15, -0.1) is 0 Å². The van der Waals surface area contributed by atoms with Gasteiger partial charge in [-0.2, -0.15) is 0 Å². The summed E-state index contributed by atoms with van der Waals surface area (Å²) in [5.74, 6) is 0.989. The summed E-state index contributed by atoms with van der Waals surface area (Å²) < 4.78 is 2.00. The van der Waals surface area contributed by atoms with Gasteiger partial charge >= 0.3 is 0 Å². The van der Waals surface area contributed by atoms with E-state index in [1.165, 1.54) is 0 Å². The third-order valence-electron chi connectivity index (χ3n) is 2.15. The van der Waals surface area contributed by atoms with Gasteiger partial charge < -0.3 is 10.3 Å². The fourth-order valence-corrected chi connectivity index (χ4v) is 1.42. The minimum absolute atomic E-state index is 0.788. The number of aromatic nitrogens is 2. The first-order chi connectivity index (χ1) is 5.70. The summed E-state index contributed by atoms with van der Waals surface area (Å²) in [5.41, 5.74) is 8.59. The molecular weight excluding hydrogens is 150 g/mol. The third-order valence-corrected chi connectivity index (χ3v) is 2.15. The van der Waals surface area contributed by atoms with Crippen molar-refractivity contribution in [1.82, 2.24) is 9.55 Å². The largest absolute Gasteiger partial charge is 0.397 e. The molecule has 1 aromatic heterocycles. The molecule has 0 aliphatic carbocycles. The highest BCUT2D eigenvalue weighted by Gasteiger charge is 2.05. The van der Waals surface area contributed by atoms with Gasteiger partial charge in [-0.25, -0.2) is 4.98 Å². The van der Waals surface area contributed by atoms with Crippen molar-refractivity contribution >= 4 is 16.7 Å². The van der Waals surface area contributed by atoms with Crippen molar-refractivity contribution in [1.29, 1.82) is 0 Å². The quantitative estimate of drug-likeness (QED) is 0.594. The monoisotopic (exact) mass is 161 g/mol. The molecule has 3 nitrogen and oxygen atoms in total. The lowest BCUT2D eigenvalue weighted by Gasteiger charge is -1.98. The summed E-state index contributed by atoms with van der Waals surface area (Å²) in [6.07, 6.45) is 0. The molecule has 2 N–H and O–H groups in total. The average molecular weight is 161 g/mol. The van der Waals surface area contributed by atoms with Gasteiger partial charge in [-0.3, -0.25) is 0 Å². The molecule has 0 saturated heterocycles. The van der Waals surface area contributed by atoms with Crippen LogP contribution in [-0.4, -0.2) is 9.55 Å². The molecule has 0 aliphatic rings. The van der Waals surface area contributed by atoms with E-state index >= 15 is 0 Å². The van der Waals surface area contributed by atoms with Crippen molar-refractivity contribution in [2.45, 2.75) is 6.92 Å². The highest BCUT2D eigenvalue weighted by atomic mass is 15.1. The van der Waals surface area contributed by atoms with Gasteiger partial charge in [-0.1, -0.05) is 6.07 Å². The molecule has 0 radical (unpaired) electrons. The summed E-state index contributed by atoms with van der Waals surface area (Å²) >= 11 is 0. The summed E-state index contributed by atoms with van der Waals surface area (Å²) in [5, 5.41) is 0. The van der Waals surface area contributed by atoms with E-state index in [1.807, 2.05) is 36.7 Å². The molecule has 0 saturated carbocycles. The van der Waals surface area contributed by atoms with Gasteiger partial charge in [0.1, 0.15) is 5.82 Å². The number of anilines is 1. The van der Waals surface area contributed by atoms with Crippen LogP contribution in [0.15, 0.2) is 18.2 Å². The Morgan fingerprint density at radius 2 is 2.17 bits per heavy atom. The molecule has 0 fully saturated rings. The number of aryl methyl sites for hydroxylation is 2. The fourth-order valence-electron chi connectivity index (χ4n) is 1.42. The van der Waals surface area contributed by atoms with Crippen molar-refractivity contribution in [2.24, 2.45) is 7.05 Å². The first-order valence-corrected chi connectivity index (χ1v) is 3.87. The first-order valence-electron chi connectivity index (χ1n) is 3.87. The zero-order chi connectivity index (χ0) is 8.72. The van der Waals surface area contributed by atoms with Crippen molar-refractivity contribution in [2.75, 3.05) is 5.73 Å². The minimum atomic E-state index is 0.788. The van der Waals surface area contributed by atoms with Crippen LogP contribution in [0.2, 0.25) is 0 Å². The van der Waals surface area contributed by atoms with Crippen LogP contribution in [-0.2, 0) is 7.05 Å². The maximum atomic E-state index is 5.81. The molecule has 0 bridgehead atoms. The highest BCUT2D eigenvalue weighted by Crippen LogP contribution is 2.20. The van der Waals surface area contributed by atoms with Crippen LogP contribution in [0.3, 0.4) is 0 Å². The van der Waals surface area contributed by atoms with Crippen LogP contribution in [0.25, 0.3) is 11.0 Å². The van der Waals surface area contributed by atoms with Crippen molar-refractivity contribution in [3.63, 3.8) is 0 Å². The second kappa shape index (κ2) is 2.24. The Balaban J connectivity index is 2.97. The van der Waals surface area contributed by atoms with E-state index in [1.54, 1.807) is 0 Å². The van der Waals surface area contributed by atoms with Crippen LogP contribution in [0.5, 0.6) is 0 Å². The van der Waals surface area contributed by atoms with Gasteiger partial charge in [-0.05, 0) is 19.1 Å². The first kappa shape index (κ1) is 7.16. The van der Waals surface area contributed by atoms with E-state index < -0.39 is 0 Å². The number of para-hydroxylation sites is 1. The van der Waals surface area contributed by atoms with E-state index in [2.05, 4.69) is 4.98 Å². The minimum Gasteiger partial charge on any atom is -0.397 e. The maximum Gasteiger partial charge on any atom is 0.106 e. The molecular formula is C9H11N3. The summed E-state index contributed by atoms with van der Waals surface area (Å²) in [6.45, 7) is 1.97. The molecule has 0 aliphatic heterocycles. The number of rotatable bonds is 0. The fraction of sp³-hybridized carbons (Fsp3) is 0.222. The predicted molar refractivity (Wildman–Crippen MR) is 49.9 cm³/mol. The maximum absolute atomic E-state index is 5.81. The number of imidazole rings is 1. The molecule has 0 unspecified atom stereocenters. The molecule has 1 heterocycles. The topological polar surface area (TPSA) is 43.8 Å². The normalized spacial score (nSPS) is 10.8. The van der Waals surface area contributed by atoms with Crippen LogP contribution < -0.4 is 5.73 Å². The molecule has 0 atom stereocenters. The van der Waals surface area contributed by atoms with Crippen molar-refractivity contribution < 1.29 is 0 Å². The van der Waals surface area contributed by atoms with Crippen LogP contribution >= 0.6 is 0 Å². The highest BCUT2D eigenvalue weighted by molar-refractivity contribution is 5.87. The Labute approximate surface area is 70.8 Å². The second-order valence-electron chi connectivity index (χ2n) is 2.93. The number of hydrogen-bond donors (Lipinski definition) is 1. The molecule has 0 amide bonds. The molecule has 2 aromatic rings. The number of nitrogens with two attached hydrogens (primary N) is 1. The van der Waals surface area contributed by atoms with E-state index in [0.717, 1.165) is 22.5 Å². The standard InChI is InChI=1S/C9H11N3/c1-6-11-8-5-3-4-7(10)9(8)12(6)2/h3-5H,10H2,1-2H3. The third kappa shape index (κ3) is 0.794. The number of nitrogen functional groups attached to an aromatic ring is 1. The average Bonchev–Trinajstić information content (AvgIpc) is 2.29. The Morgan fingerprint density at radius 3 is 2.83 bits per heavy atom. The lowest BCUT2D eigenvalue weighted by Crippen LogP contribution is -1.94. The van der Waals surface area contributed by atoms with Gasteiger partial charge in [0, 0.05) is 7.05 Å². The van der Waals surface area contributed by atoms with E-state index in [4.69, 9.17) is 5.73 Å². The van der Waals surface area contributed by atoms with E-state index in [0.29, 0.717) is 0 Å². The number of benzene rings is 1. The molecule has 1 aromatic carbocycles. The van der Waals surface area contributed by atoms with Crippen molar-refractivity contribution in [3.05, 3.63) is 24.0 Å². The summed E-state index contributed by atoms with van der Waals surface area (Å²) in [4.78, 5) is 4.36. The lowest BCUT2D eigenvalue weighted by molar-refractivity contribution is 0.887. The van der Waals surface area contributed by atoms with Gasteiger partial charge in [0.05, 0.1) is 16.7 Å². The molecule has 3 heteroatoms. The van der Waals surface area contributed by atoms with Crippen molar-refractivity contribution in [3.8, 4) is 0 Å².